The van der Waals surface area contributed by atoms with E-state index in [4.69, 9.17) is 4.74 Å². The van der Waals surface area contributed by atoms with Gasteiger partial charge < -0.3 is 10.1 Å². The number of ether oxygens (including phenoxy) is 1. The Morgan fingerprint density at radius 3 is 2.62 bits per heavy atom. The first-order valence-corrected chi connectivity index (χ1v) is 10.9. The Bertz CT molecular complexity index is 850. The van der Waals surface area contributed by atoms with Gasteiger partial charge in [-0.2, -0.15) is 0 Å². The van der Waals surface area contributed by atoms with Crippen LogP contribution in [0.5, 0.6) is 0 Å². The molecule has 1 unspecified atom stereocenters. The lowest BCUT2D eigenvalue weighted by Crippen LogP contribution is -2.29. The average molecular weight is 413 g/mol. The lowest BCUT2D eigenvalue weighted by molar-refractivity contribution is -0.139. The second-order valence-electron chi connectivity index (χ2n) is 7.27. The summed E-state index contributed by atoms with van der Waals surface area (Å²) in [6, 6.07) is 15.4. The normalized spacial score (nSPS) is 15.5. The summed E-state index contributed by atoms with van der Waals surface area (Å²) in [6.45, 7) is 4.96. The van der Waals surface area contributed by atoms with E-state index in [-0.39, 0.29) is 17.1 Å². The highest BCUT2D eigenvalue weighted by molar-refractivity contribution is 8.00. The van der Waals surface area contributed by atoms with Gasteiger partial charge in [0.25, 0.3) is 5.91 Å². The number of thioether (sulfide) groups is 1. The Morgan fingerprint density at radius 1 is 1.10 bits per heavy atom. The number of hydrogen-bond acceptors (Lipinski definition) is 5. The van der Waals surface area contributed by atoms with Gasteiger partial charge in [0.05, 0.1) is 12.7 Å². The number of likely N-dealkylation sites (tertiary alicyclic amines) is 1. The van der Waals surface area contributed by atoms with Crippen LogP contribution in [0.1, 0.15) is 42.1 Å². The molecule has 5 nitrogen and oxygen atoms in total. The highest BCUT2D eigenvalue weighted by Crippen LogP contribution is 2.28. The number of methoxy groups -OCH3 is 1. The van der Waals surface area contributed by atoms with E-state index in [0.29, 0.717) is 5.56 Å². The molecule has 2 aromatic carbocycles. The minimum Gasteiger partial charge on any atom is -0.468 e. The summed E-state index contributed by atoms with van der Waals surface area (Å²) in [7, 11) is 1.37. The lowest BCUT2D eigenvalue weighted by Gasteiger charge is -2.26. The first-order valence-electron chi connectivity index (χ1n) is 10.0. The van der Waals surface area contributed by atoms with E-state index in [2.05, 4.69) is 16.3 Å². The predicted octanol–water partition coefficient (Wildman–Crippen LogP) is 4.58. The van der Waals surface area contributed by atoms with E-state index >= 15 is 0 Å². The number of carbonyl (C=O) groups is 2. The number of anilines is 1. The number of benzene rings is 2. The van der Waals surface area contributed by atoms with Crippen molar-refractivity contribution < 1.29 is 14.3 Å². The van der Waals surface area contributed by atoms with Crippen LogP contribution >= 0.6 is 11.8 Å². The van der Waals surface area contributed by atoms with Crippen molar-refractivity contribution in [1.29, 1.82) is 0 Å². The van der Waals surface area contributed by atoms with Crippen LogP contribution in [0, 0.1) is 0 Å². The molecule has 3 rings (SSSR count). The summed E-state index contributed by atoms with van der Waals surface area (Å²) in [6.07, 6.45) is 3.84. The SMILES string of the molecule is COC(=O)C(C)Sc1ccccc1C(=O)Nc1cccc(CN2CCCCC2)c1. The maximum absolute atomic E-state index is 12.9. The number of amides is 1. The van der Waals surface area contributed by atoms with Crippen LogP contribution in [-0.2, 0) is 16.1 Å². The van der Waals surface area contributed by atoms with Crippen LogP contribution < -0.4 is 5.32 Å². The van der Waals surface area contributed by atoms with Gasteiger partial charge in [-0.1, -0.05) is 30.7 Å². The maximum atomic E-state index is 12.9. The van der Waals surface area contributed by atoms with E-state index in [1.165, 1.54) is 43.7 Å². The van der Waals surface area contributed by atoms with E-state index in [1.807, 2.05) is 36.4 Å². The lowest BCUT2D eigenvalue weighted by atomic mass is 10.1. The second kappa shape index (κ2) is 10.5. The molecule has 29 heavy (non-hydrogen) atoms. The van der Waals surface area contributed by atoms with Gasteiger partial charge in [0, 0.05) is 17.1 Å². The van der Waals surface area contributed by atoms with Crippen LogP contribution in [-0.4, -0.2) is 42.2 Å². The summed E-state index contributed by atoms with van der Waals surface area (Å²) >= 11 is 1.33. The third kappa shape index (κ3) is 6.08. The molecule has 154 valence electrons. The van der Waals surface area contributed by atoms with Crippen molar-refractivity contribution in [1.82, 2.24) is 4.90 Å². The third-order valence-corrected chi connectivity index (χ3v) is 6.16. The number of carbonyl (C=O) groups excluding carboxylic acids is 2. The van der Waals surface area contributed by atoms with Crippen LogP contribution in [0.3, 0.4) is 0 Å². The average Bonchev–Trinajstić information content (AvgIpc) is 2.74. The molecule has 0 bridgehead atoms. The van der Waals surface area contributed by atoms with Gasteiger partial charge in [-0.3, -0.25) is 14.5 Å². The Labute approximate surface area is 176 Å². The van der Waals surface area contributed by atoms with Crippen molar-refractivity contribution in [2.24, 2.45) is 0 Å². The van der Waals surface area contributed by atoms with Crippen molar-refractivity contribution >= 4 is 29.3 Å². The van der Waals surface area contributed by atoms with Gasteiger partial charge in [0.15, 0.2) is 0 Å². The van der Waals surface area contributed by atoms with Gasteiger partial charge >= 0.3 is 5.97 Å². The molecule has 1 atom stereocenters. The first-order chi connectivity index (χ1) is 14.1. The fourth-order valence-electron chi connectivity index (χ4n) is 3.48. The number of nitrogens with one attached hydrogen (secondary N) is 1. The Kier molecular flexibility index (Phi) is 7.72. The van der Waals surface area contributed by atoms with E-state index in [0.717, 1.165) is 30.2 Å². The van der Waals surface area contributed by atoms with Gasteiger partial charge in [0.2, 0.25) is 0 Å². The van der Waals surface area contributed by atoms with Crippen molar-refractivity contribution in [3.63, 3.8) is 0 Å². The minimum absolute atomic E-state index is 0.180. The number of hydrogen-bond donors (Lipinski definition) is 1. The number of piperidine rings is 1. The van der Waals surface area contributed by atoms with Crippen molar-refractivity contribution in [3.05, 3.63) is 59.7 Å². The Balaban J connectivity index is 1.69. The van der Waals surface area contributed by atoms with Crippen LogP contribution in [0.4, 0.5) is 5.69 Å². The third-order valence-electron chi connectivity index (χ3n) is 5.01. The molecule has 1 heterocycles. The van der Waals surface area contributed by atoms with Crippen molar-refractivity contribution in [2.75, 3.05) is 25.5 Å². The molecule has 1 aliphatic heterocycles. The Morgan fingerprint density at radius 2 is 1.86 bits per heavy atom. The zero-order chi connectivity index (χ0) is 20.6. The molecule has 0 radical (unpaired) electrons. The molecular formula is C23H28N2O3S. The second-order valence-corrected chi connectivity index (χ2v) is 8.65. The van der Waals surface area contributed by atoms with Gasteiger partial charge in [-0.15, -0.1) is 11.8 Å². The fraction of sp³-hybridized carbons (Fsp3) is 0.391. The van der Waals surface area contributed by atoms with Crippen molar-refractivity contribution in [2.45, 2.75) is 42.9 Å². The van der Waals surface area contributed by atoms with Gasteiger partial charge in [-0.05, 0) is 62.7 Å². The fourth-order valence-corrected chi connectivity index (χ4v) is 4.50. The highest BCUT2D eigenvalue weighted by Gasteiger charge is 2.19. The quantitative estimate of drug-likeness (QED) is 0.533. The van der Waals surface area contributed by atoms with Gasteiger partial charge in [0.1, 0.15) is 5.25 Å². The Hall–Kier alpha value is -2.31. The zero-order valence-corrected chi connectivity index (χ0v) is 17.8. The molecule has 0 aliphatic carbocycles. The van der Waals surface area contributed by atoms with Crippen LogP contribution in [0.2, 0.25) is 0 Å². The topological polar surface area (TPSA) is 58.6 Å². The summed E-state index contributed by atoms with van der Waals surface area (Å²) in [5.41, 5.74) is 2.53. The molecule has 1 N–H and O–H groups in total. The largest absolute Gasteiger partial charge is 0.468 e. The maximum Gasteiger partial charge on any atom is 0.318 e. The highest BCUT2D eigenvalue weighted by atomic mass is 32.2. The zero-order valence-electron chi connectivity index (χ0n) is 17.0. The molecule has 1 aliphatic rings. The number of rotatable bonds is 7. The van der Waals surface area contributed by atoms with Crippen LogP contribution in [0.15, 0.2) is 53.4 Å². The molecular weight excluding hydrogens is 384 g/mol. The van der Waals surface area contributed by atoms with E-state index in [1.54, 1.807) is 13.0 Å². The molecule has 1 saturated heterocycles. The first kappa shape index (κ1) is 21.4. The summed E-state index contributed by atoms with van der Waals surface area (Å²) in [4.78, 5) is 27.9. The van der Waals surface area contributed by atoms with E-state index in [9.17, 15) is 9.59 Å². The van der Waals surface area contributed by atoms with Crippen LogP contribution in [0.25, 0.3) is 0 Å². The molecule has 1 amide bonds. The number of esters is 1. The standard InChI is InChI=1S/C23H28N2O3S/c1-17(23(27)28-2)29-21-12-5-4-11-20(21)22(26)24-19-10-8-9-18(15-19)16-25-13-6-3-7-14-25/h4-5,8-12,15,17H,3,6-7,13-14,16H2,1-2H3,(H,24,26). The van der Waals surface area contributed by atoms with Gasteiger partial charge in [-0.25, -0.2) is 0 Å². The molecule has 6 heteroatoms. The molecule has 0 saturated carbocycles. The molecule has 1 fully saturated rings. The number of nitrogens with zero attached hydrogens (tertiary/aromatic N) is 1. The van der Waals surface area contributed by atoms with Crippen molar-refractivity contribution in [3.8, 4) is 0 Å². The summed E-state index contributed by atoms with van der Waals surface area (Å²) < 4.78 is 4.79. The molecule has 2 aromatic rings. The molecule has 0 spiro atoms. The predicted molar refractivity (Wildman–Crippen MR) is 117 cm³/mol. The molecule has 0 aromatic heterocycles. The summed E-state index contributed by atoms with van der Waals surface area (Å²) in [5, 5.41) is 2.62. The smallest absolute Gasteiger partial charge is 0.318 e. The minimum atomic E-state index is -0.387. The summed E-state index contributed by atoms with van der Waals surface area (Å²) in [5.74, 6) is -0.490. The van der Waals surface area contributed by atoms with E-state index < -0.39 is 0 Å². The monoisotopic (exact) mass is 412 g/mol.